The molecule has 0 aromatic rings. The van der Waals surface area contributed by atoms with Gasteiger partial charge in [-0.05, 0) is 65.7 Å². The molecule has 0 bridgehead atoms. The lowest BCUT2D eigenvalue weighted by molar-refractivity contribution is 0.222. The third-order valence-electron chi connectivity index (χ3n) is 3.65. The molecule has 1 unspecified atom stereocenters. The fraction of sp³-hybridized carbons (Fsp3) is 0.923. The molecule has 0 saturated carbocycles. The van der Waals surface area contributed by atoms with Crippen LogP contribution in [0.25, 0.3) is 0 Å². The van der Waals surface area contributed by atoms with Gasteiger partial charge in [-0.3, -0.25) is 0 Å². The van der Waals surface area contributed by atoms with E-state index in [4.69, 9.17) is 5.26 Å². The average Bonchev–Trinajstić information content (AvgIpc) is 2.36. The molecule has 1 N–H and O–H groups in total. The smallest absolute Gasteiger partial charge is 0.103 e. The van der Waals surface area contributed by atoms with Gasteiger partial charge in [0.05, 0.1) is 6.07 Å². The van der Waals surface area contributed by atoms with Crippen LogP contribution in [0.15, 0.2) is 0 Å². The fourth-order valence-electron chi connectivity index (χ4n) is 2.23. The third kappa shape index (κ3) is 4.51. The Morgan fingerprint density at radius 3 is 2.50 bits per heavy atom. The molecule has 3 nitrogen and oxygen atoms in total. The summed E-state index contributed by atoms with van der Waals surface area (Å²) in [6, 6.07) is 2.34. The van der Waals surface area contributed by atoms with Gasteiger partial charge in [0.2, 0.25) is 0 Å². The Balaban J connectivity index is 2.09. The lowest BCUT2D eigenvalue weighted by Crippen LogP contribution is -2.38. The zero-order chi connectivity index (χ0) is 11.9. The van der Waals surface area contributed by atoms with Gasteiger partial charge in [-0.25, -0.2) is 0 Å². The summed E-state index contributed by atoms with van der Waals surface area (Å²) in [5.74, 6) is 0. The Morgan fingerprint density at radius 1 is 1.25 bits per heavy atom. The van der Waals surface area contributed by atoms with Gasteiger partial charge in [-0.15, -0.1) is 0 Å². The van der Waals surface area contributed by atoms with E-state index in [9.17, 15) is 0 Å². The van der Waals surface area contributed by atoms with Gasteiger partial charge in [0.15, 0.2) is 0 Å². The highest BCUT2D eigenvalue weighted by atomic mass is 15.1. The first-order valence-electron chi connectivity index (χ1n) is 6.53. The van der Waals surface area contributed by atoms with E-state index in [0.29, 0.717) is 0 Å². The van der Waals surface area contributed by atoms with Crippen LogP contribution in [0, 0.1) is 11.3 Å². The van der Waals surface area contributed by atoms with E-state index in [-0.39, 0.29) is 5.54 Å². The Kier molecular flexibility index (Phi) is 5.79. The lowest BCUT2D eigenvalue weighted by atomic mass is 9.97. The van der Waals surface area contributed by atoms with E-state index < -0.39 is 0 Å². The van der Waals surface area contributed by atoms with Crippen molar-refractivity contribution in [2.45, 2.75) is 51.0 Å². The molecule has 0 radical (unpaired) electrons. The van der Waals surface area contributed by atoms with Gasteiger partial charge in [0, 0.05) is 0 Å². The average molecular weight is 223 g/mol. The summed E-state index contributed by atoms with van der Waals surface area (Å²) >= 11 is 0. The fourth-order valence-corrected chi connectivity index (χ4v) is 2.23. The van der Waals surface area contributed by atoms with E-state index in [2.05, 4.69) is 16.3 Å². The summed E-state index contributed by atoms with van der Waals surface area (Å²) in [7, 11) is 1.87. The number of rotatable bonds is 6. The molecule has 1 saturated heterocycles. The molecule has 3 heteroatoms. The predicted octanol–water partition coefficient (Wildman–Crippen LogP) is 2.14. The van der Waals surface area contributed by atoms with Gasteiger partial charge in [-0.2, -0.15) is 5.26 Å². The molecule has 0 aromatic heterocycles. The van der Waals surface area contributed by atoms with E-state index in [1.54, 1.807) is 0 Å². The van der Waals surface area contributed by atoms with Crippen LogP contribution in [0.5, 0.6) is 0 Å². The Labute approximate surface area is 99.8 Å². The molecule has 1 aliphatic rings. The van der Waals surface area contributed by atoms with E-state index in [1.807, 2.05) is 14.0 Å². The number of nitrogens with zero attached hydrogens (tertiary/aromatic N) is 2. The highest BCUT2D eigenvalue weighted by molar-refractivity contribution is 5.02. The number of nitriles is 1. The maximum Gasteiger partial charge on any atom is 0.103 e. The van der Waals surface area contributed by atoms with Crippen molar-refractivity contribution >= 4 is 0 Å². The van der Waals surface area contributed by atoms with Crippen LogP contribution in [-0.4, -0.2) is 37.1 Å². The normalized spacial score (nSPS) is 21.3. The minimum atomic E-state index is -0.331. The summed E-state index contributed by atoms with van der Waals surface area (Å²) in [6.07, 6.45) is 7.45. The van der Waals surface area contributed by atoms with Crippen LogP contribution < -0.4 is 5.32 Å². The molecule has 0 amide bonds. The molecule has 1 heterocycles. The molecular formula is C13H25N3. The second-order valence-corrected chi connectivity index (χ2v) is 5.05. The first-order chi connectivity index (χ1) is 7.70. The minimum Gasteiger partial charge on any atom is -0.303 e. The van der Waals surface area contributed by atoms with Crippen molar-refractivity contribution in [3.63, 3.8) is 0 Å². The minimum absolute atomic E-state index is 0.331. The van der Waals surface area contributed by atoms with E-state index >= 15 is 0 Å². The van der Waals surface area contributed by atoms with Crippen LogP contribution in [0.3, 0.4) is 0 Å². The SMILES string of the molecule is CNC(C)(C#N)CCCCN1CCCCC1. The van der Waals surface area contributed by atoms with Gasteiger partial charge in [0.25, 0.3) is 0 Å². The quantitative estimate of drug-likeness (QED) is 0.701. The van der Waals surface area contributed by atoms with Crippen LogP contribution in [0.1, 0.15) is 45.4 Å². The van der Waals surface area contributed by atoms with Crippen molar-refractivity contribution in [1.29, 1.82) is 5.26 Å². The zero-order valence-electron chi connectivity index (χ0n) is 10.8. The molecule has 92 valence electrons. The number of piperidine rings is 1. The number of nitrogens with one attached hydrogen (secondary N) is 1. The maximum absolute atomic E-state index is 9.01. The van der Waals surface area contributed by atoms with Crippen molar-refractivity contribution in [2.24, 2.45) is 0 Å². The largest absolute Gasteiger partial charge is 0.303 e. The lowest BCUT2D eigenvalue weighted by Gasteiger charge is -2.27. The van der Waals surface area contributed by atoms with Crippen molar-refractivity contribution in [2.75, 3.05) is 26.7 Å². The molecule has 0 aromatic carbocycles. The van der Waals surface area contributed by atoms with Crippen molar-refractivity contribution < 1.29 is 0 Å². The van der Waals surface area contributed by atoms with Crippen LogP contribution >= 0.6 is 0 Å². The first-order valence-corrected chi connectivity index (χ1v) is 6.53. The highest BCUT2D eigenvalue weighted by Crippen LogP contribution is 2.14. The molecule has 0 spiro atoms. The summed E-state index contributed by atoms with van der Waals surface area (Å²) in [6.45, 7) is 5.75. The summed E-state index contributed by atoms with van der Waals surface area (Å²) < 4.78 is 0. The molecule has 1 fully saturated rings. The molecular weight excluding hydrogens is 198 g/mol. The third-order valence-corrected chi connectivity index (χ3v) is 3.65. The van der Waals surface area contributed by atoms with Gasteiger partial charge in [0.1, 0.15) is 5.54 Å². The second-order valence-electron chi connectivity index (χ2n) is 5.05. The number of likely N-dealkylation sites (tertiary alicyclic amines) is 1. The zero-order valence-corrected chi connectivity index (χ0v) is 10.8. The first kappa shape index (κ1) is 13.5. The number of hydrogen-bond donors (Lipinski definition) is 1. The number of unbranched alkanes of at least 4 members (excludes halogenated alkanes) is 1. The standard InChI is InChI=1S/C13H25N3/c1-13(12-14,15-2)8-4-7-11-16-9-5-3-6-10-16/h15H,3-11H2,1-2H3. The summed E-state index contributed by atoms with van der Waals surface area (Å²) in [5.41, 5.74) is -0.331. The summed E-state index contributed by atoms with van der Waals surface area (Å²) in [4.78, 5) is 2.56. The topological polar surface area (TPSA) is 39.1 Å². The monoisotopic (exact) mass is 223 g/mol. The summed E-state index contributed by atoms with van der Waals surface area (Å²) in [5, 5.41) is 12.1. The highest BCUT2D eigenvalue weighted by Gasteiger charge is 2.20. The molecule has 1 rings (SSSR count). The van der Waals surface area contributed by atoms with Gasteiger partial charge >= 0.3 is 0 Å². The predicted molar refractivity (Wildman–Crippen MR) is 67.2 cm³/mol. The maximum atomic E-state index is 9.01. The van der Waals surface area contributed by atoms with Crippen molar-refractivity contribution in [1.82, 2.24) is 10.2 Å². The number of hydrogen-bond acceptors (Lipinski definition) is 3. The Morgan fingerprint density at radius 2 is 1.94 bits per heavy atom. The Bertz CT molecular complexity index is 228. The van der Waals surface area contributed by atoms with Crippen molar-refractivity contribution in [3.8, 4) is 6.07 Å². The molecule has 1 aliphatic heterocycles. The molecule has 1 atom stereocenters. The molecule has 16 heavy (non-hydrogen) atoms. The van der Waals surface area contributed by atoms with E-state index in [1.165, 1.54) is 45.3 Å². The van der Waals surface area contributed by atoms with Crippen LogP contribution in [0.4, 0.5) is 0 Å². The van der Waals surface area contributed by atoms with Crippen LogP contribution in [0.2, 0.25) is 0 Å². The molecule has 0 aliphatic carbocycles. The van der Waals surface area contributed by atoms with Gasteiger partial charge < -0.3 is 10.2 Å². The van der Waals surface area contributed by atoms with Crippen molar-refractivity contribution in [3.05, 3.63) is 0 Å². The second kappa shape index (κ2) is 6.88. The van der Waals surface area contributed by atoms with Gasteiger partial charge in [-0.1, -0.05) is 6.42 Å². The Hall–Kier alpha value is -0.590. The van der Waals surface area contributed by atoms with Crippen LogP contribution in [-0.2, 0) is 0 Å². The van der Waals surface area contributed by atoms with E-state index in [0.717, 1.165) is 12.8 Å².